The lowest BCUT2D eigenvalue weighted by Gasteiger charge is -2.10. The van der Waals surface area contributed by atoms with Gasteiger partial charge in [-0.25, -0.2) is 4.98 Å². The van der Waals surface area contributed by atoms with Crippen LogP contribution in [0.5, 0.6) is 11.6 Å². The molecule has 2 heterocycles. The van der Waals surface area contributed by atoms with Crippen molar-refractivity contribution in [3.63, 3.8) is 0 Å². The minimum atomic E-state index is 0.455. The zero-order chi connectivity index (χ0) is 13.8. The highest BCUT2D eigenvalue weighted by molar-refractivity contribution is 5.28. The SMILES string of the molecule is Cc1cc(CNC(C)C)cc(Oc2cnn(C)c2)n1. The topological polar surface area (TPSA) is 52.0 Å². The largest absolute Gasteiger partial charge is 0.436 e. The van der Waals surface area contributed by atoms with Crippen molar-refractivity contribution in [3.05, 3.63) is 35.8 Å². The van der Waals surface area contributed by atoms with Crippen LogP contribution in [-0.4, -0.2) is 20.8 Å². The number of ether oxygens (including phenoxy) is 1. The van der Waals surface area contributed by atoms with Crippen LogP contribution in [0.25, 0.3) is 0 Å². The molecule has 2 aromatic rings. The molecule has 2 aromatic heterocycles. The highest BCUT2D eigenvalue weighted by atomic mass is 16.5. The molecule has 0 aliphatic carbocycles. The first kappa shape index (κ1) is 13.5. The molecular formula is C14H20N4O. The summed E-state index contributed by atoms with van der Waals surface area (Å²) < 4.78 is 7.41. The zero-order valence-electron chi connectivity index (χ0n) is 11.8. The number of pyridine rings is 1. The predicted molar refractivity (Wildman–Crippen MR) is 74.2 cm³/mol. The van der Waals surface area contributed by atoms with Gasteiger partial charge in [-0.15, -0.1) is 0 Å². The molecule has 1 N–H and O–H groups in total. The van der Waals surface area contributed by atoms with E-state index in [2.05, 4.69) is 35.3 Å². The fourth-order valence-corrected chi connectivity index (χ4v) is 1.76. The number of hydrogen-bond donors (Lipinski definition) is 1. The molecule has 5 heteroatoms. The number of nitrogens with one attached hydrogen (secondary N) is 1. The monoisotopic (exact) mass is 260 g/mol. The lowest BCUT2D eigenvalue weighted by Crippen LogP contribution is -2.21. The summed E-state index contributed by atoms with van der Waals surface area (Å²) in [5.41, 5.74) is 2.11. The van der Waals surface area contributed by atoms with Crippen LogP contribution >= 0.6 is 0 Å². The lowest BCUT2D eigenvalue weighted by molar-refractivity contribution is 0.459. The molecule has 0 bridgehead atoms. The van der Waals surface area contributed by atoms with Crippen molar-refractivity contribution in [2.45, 2.75) is 33.4 Å². The molecule has 0 spiro atoms. The Labute approximate surface area is 113 Å². The number of nitrogens with zero attached hydrogens (tertiary/aromatic N) is 3. The van der Waals surface area contributed by atoms with Crippen LogP contribution in [0.2, 0.25) is 0 Å². The summed E-state index contributed by atoms with van der Waals surface area (Å²) >= 11 is 0. The Bertz CT molecular complexity index is 548. The molecular weight excluding hydrogens is 240 g/mol. The second-order valence-electron chi connectivity index (χ2n) is 4.94. The summed E-state index contributed by atoms with van der Waals surface area (Å²) in [6.07, 6.45) is 3.49. The van der Waals surface area contributed by atoms with Crippen molar-refractivity contribution in [1.82, 2.24) is 20.1 Å². The maximum absolute atomic E-state index is 5.71. The molecule has 2 rings (SSSR count). The van der Waals surface area contributed by atoms with Gasteiger partial charge < -0.3 is 10.1 Å². The molecule has 0 saturated carbocycles. The van der Waals surface area contributed by atoms with E-state index in [1.54, 1.807) is 10.9 Å². The summed E-state index contributed by atoms with van der Waals surface area (Å²) in [5.74, 6) is 1.30. The number of rotatable bonds is 5. The van der Waals surface area contributed by atoms with Crippen molar-refractivity contribution >= 4 is 0 Å². The molecule has 5 nitrogen and oxygen atoms in total. The van der Waals surface area contributed by atoms with Gasteiger partial charge in [0.1, 0.15) is 0 Å². The van der Waals surface area contributed by atoms with E-state index in [0.717, 1.165) is 12.2 Å². The average molecular weight is 260 g/mol. The van der Waals surface area contributed by atoms with Gasteiger partial charge in [-0.3, -0.25) is 4.68 Å². The first-order valence-corrected chi connectivity index (χ1v) is 6.40. The maximum atomic E-state index is 5.71. The third-order valence-corrected chi connectivity index (χ3v) is 2.61. The minimum absolute atomic E-state index is 0.455. The Hall–Kier alpha value is -1.88. The van der Waals surface area contributed by atoms with Gasteiger partial charge in [-0.05, 0) is 18.6 Å². The first-order valence-electron chi connectivity index (χ1n) is 6.40. The van der Waals surface area contributed by atoms with Crippen LogP contribution in [0.3, 0.4) is 0 Å². The number of aromatic nitrogens is 3. The second-order valence-corrected chi connectivity index (χ2v) is 4.94. The summed E-state index contributed by atoms with van der Waals surface area (Å²) in [6, 6.07) is 4.47. The third kappa shape index (κ3) is 4.06. The van der Waals surface area contributed by atoms with Crippen molar-refractivity contribution in [1.29, 1.82) is 0 Å². The highest BCUT2D eigenvalue weighted by Gasteiger charge is 2.05. The predicted octanol–water partition coefficient (Wildman–Crippen LogP) is 2.41. The van der Waals surface area contributed by atoms with Gasteiger partial charge in [0.05, 0.1) is 12.4 Å². The molecule has 0 atom stereocenters. The summed E-state index contributed by atoms with van der Waals surface area (Å²) in [5, 5.41) is 7.45. The second kappa shape index (κ2) is 5.84. The molecule has 0 amide bonds. The molecule has 0 saturated heterocycles. The standard InChI is InChI=1S/C14H20N4O/c1-10(2)15-7-12-5-11(3)17-14(6-12)19-13-8-16-18(4)9-13/h5-6,8-10,15H,7H2,1-4H3. The normalized spacial score (nSPS) is 11.0. The van der Waals surface area contributed by atoms with Crippen LogP contribution in [0.15, 0.2) is 24.5 Å². The first-order chi connectivity index (χ1) is 9.02. The van der Waals surface area contributed by atoms with Crippen LogP contribution in [-0.2, 0) is 13.6 Å². The Morgan fingerprint density at radius 2 is 2.16 bits per heavy atom. The van der Waals surface area contributed by atoms with Gasteiger partial charge in [0.2, 0.25) is 5.88 Å². The van der Waals surface area contributed by atoms with E-state index in [-0.39, 0.29) is 0 Å². The highest BCUT2D eigenvalue weighted by Crippen LogP contribution is 2.20. The summed E-state index contributed by atoms with van der Waals surface area (Å²) in [6.45, 7) is 7.03. The molecule has 0 unspecified atom stereocenters. The van der Waals surface area contributed by atoms with Gasteiger partial charge >= 0.3 is 0 Å². The van der Waals surface area contributed by atoms with E-state index in [1.165, 1.54) is 5.56 Å². The summed E-state index contributed by atoms with van der Waals surface area (Å²) in [7, 11) is 1.86. The fourth-order valence-electron chi connectivity index (χ4n) is 1.76. The van der Waals surface area contributed by atoms with Crippen LogP contribution in [0.1, 0.15) is 25.1 Å². The number of aryl methyl sites for hydroxylation is 2. The molecule has 0 fully saturated rings. The van der Waals surface area contributed by atoms with Gasteiger partial charge in [-0.1, -0.05) is 13.8 Å². The van der Waals surface area contributed by atoms with Crippen LogP contribution < -0.4 is 10.1 Å². The minimum Gasteiger partial charge on any atom is -0.436 e. The molecule has 0 aliphatic rings. The maximum Gasteiger partial charge on any atom is 0.219 e. The van der Waals surface area contributed by atoms with E-state index in [0.29, 0.717) is 17.7 Å². The van der Waals surface area contributed by atoms with Gasteiger partial charge in [0.25, 0.3) is 0 Å². The third-order valence-electron chi connectivity index (χ3n) is 2.61. The van der Waals surface area contributed by atoms with Gasteiger partial charge in [0, 0.05) is 31.4 Å². The Kier molecular flexibility index (Phi) is 4.16. The Morgan fingerprint density at radius 1 is 1.37 bits per heavy atom. The van der Waals surface area contributed by atoms with Crippen LogP contribution in [0.4, 0.5) is 0 Å². The van der Waals surface area contributed by atoms with Crippen molar-refractivity contribution in [2.24, 2.45) is 7.05 Å². The molecule has 0 aromatic carbocycles. The average Bonchev–Trinajstić information content (AvgIpc) is 2.71. The molecule has 102 valence electrons. The van der Waals surface area contributed by atoms with Gasteiger partial charge in [0.15, 0.2) is 5.75 Å². The molecule has 19 heavy (non-hydrogen) atoms. The van der Waals surface area contributed by atoms with E-state index >= 15 is 0 Å². The van der Waals surface area contributed by atoms with Gasteiger partial charge in [-0.2, -0.15) is 5.10 Å². The smallest absolute Gasteiger partial charge is 0.219 e. The van der Waals surface area contributed by atoms with Crippen LogP contribution in [0, 0.1) is 6.92 Å². The zero-order valence-corrected chi connectivity index (χ0v) is 11.8. The molecule has 0 radical (unpaired) electrons. The molecule has 0 aliphatic heterocycles. The quantitative estimate of drug-likeness (QED) is 0.897. The van der Waals surface area contributed by atoms with Crippen molar-refractivity contribution < 1.29 is 4.74 Å². The fraction of sp³-hybridized carbons (Fsp3) is 0.429. The van der Waals surface area contributed by atoms with E-state index in [4.69, 9.17) is 4.74 Å². The van der Waals surface area contributed by atoms with E-state index < -0.39 is 0 Å². The summed E-state index contributed by atoms with van der Waals surface area (Å²) in [4.78, 5) is 4.38. The lowest BCUT2D eigenvalue weighted by atomic mass is 10.2. The van der Waals surface area contributed by atoms with Crippen molar-refractivity contribution in [3.8, 4) is 11.6 Å². The Balaban J connectivity index is 2.12. The Morgan fingerprint density at radius 3 is 2.79 bits per heavy atom. The van der Waals surface area contributed by atoms with Crippen molar-refractivity contribution in [2.75, 3.05) is 0 Å². The van der Waals surface area contributed by atoms with E-state index in [1.807, 2.05) is 26.2 Å². The van der Waals surface area contributed by atoms with E-state index in [9.17, 15) is 0 Å². The number of hydrogen-bond acceptors (Lipinski definition) is 4.